The molecule has 0 spiro atoms. The highest BCUT2D eigenvalue weighted by atomic mass is 16.5. The van der Waals surface area contributed by atoms with Gasteiger partial charge in [0.2, 0.25) is 5.91 Å². The molecule has 0 radical (unpaired) electrons. The average molecular weight is 484 g/mol. The van der Waals surface area contributed by atoms with Crippen molar-refractivity contribution >= 4 is 42.4 Å². The Labute approximate surface area is 211 Å². The van der Waals surface area contributed by atoms with E-state index in [-0.39, 0.29) is 24.3 Å². The molecule has 184 valence electrons. The largest absolute Gasteiger partial charge is 0.497 e. The average Bonchev–Trinajstić information content (AvgIpc) is 2.92. The monoisotopic (exact) mass is 484 g/mol. The third-order valence-electron chi connectivity index (χ3n) is 6.20. The molecule has 0 atom stereocenters. The zero-order valence-electron chi connectivity index (χ0n) is 20.5. The maximum absolute atomic E-state index is 13.0. The summed E-state index contributed by atoms with van der Waals surface area (Å²) in [6.45, 7) is 1.62. The summed E-state index contributed by atoms with van der Waals surface area (Å²) in [5, 5.41) is 5.97. The van der Waals surface area contributed by atoms with Crippen LogP contribution in [0.4, 0.5) is 11.4 Å². The molecule has 0 unspecified atom stereocenters. The lowest BCUT2D eigenvalue weighted by Gasteiger charge is -2.35. The van der Waals surface area contributed by atoms with Crippen LogP contribution in [0.3, 0.4) is 0 Å². The van der Waals surface area contributed by atoms with Crippen LogP contribution in [0, 0.1) is 0 Å². The van der Waals surface area contributed by atoms with Crippen LogP contribution >= 0.6 is 0 Å². The molecule has 1 aliphatic heterocycles. The molecule has 9 heteroatoms. The minimum Gasteiger partial charge on any atom is -0.497 e. The normalized spacial score (nSPS) is 13.1. The summed E-state index contributed by atoms with van der Waals surface area (Å²) in [6.07, 6.45) is 0. The van der Waals surface area contributed by atoms with E-state index >= 15 is 0 Å². The van der Waals surface area contributed by atoms with Crippen LogP contribution in [-0.4, -0.2) is 75.2 Å². The molecule has 3 amide bonds. The summed E-state index contributed by atoms with van der Waals surface area (Å²) in [4.78, 5) is 41.6. The molecule has 0 saturated carbocycles. The number of carbonyl (C=O) groups is 3. The van der Waals surface area contributed by atoms with E-state index in [1.165, 1.54) is 0 Å². The first-order valence-electron chi connectivity index (χ1n) is 11.9. The quantitative estimate of drug-likeness (QED) is 0.495. The van der Waals surface area contributed by atoms with Crippen LogP contribution in [-0.2, 0) is 4.79 Å². The Morgan fingerprint density at radius 3 is 2.17 bits per heavy atom. The van der Waals surface area contributed by atoms with Gasteiger partial charge < -0.3 is 25.2 Å². The van der Waals surface area contributed by atoms with Gasteiger partial charge in [-0.1, -0.05) is 29.7 Å². The fraction of sp³-hybridized carbons (Fsp3) is 0.222. The number of benzene rings is 3. The van der Waals surface area contributed by atoms with Crippen molar-refractivity contribution in [2.24, 2.45) is 0 Å². The van der Waals surface area contributed by atoms with Crippen LogP contribution in [0.15, 0.2) is 72.8 Å². The highest BCUT2D eigenvalue weighted by Crippen LogP contribution is 2.17. The number of piperazine rings is 1. The van der Waals surface area contributed by atoms with Crippen molar-refractivity contribution in [1.29, 1.82) is 0 Å². The zero-order chi connectivity index (χ0) is 25.5. The second-order valence-corrected chi connectivity index (χ2v) is 8.60. The second-order valence-electron chi connectivity index (χ2n) is 8.60. The van der Waals surface area contributed by atoms with Gasteiger partial charge in [-0.3, -0.25) is 14.4 Å². The van der Waals surface area contributed by atoms with E-state index in [4.69, 9.17) is 4.74 Å². The molecular formula is C27H29BN4O4. The molecule has 8 nitrogen and oxygen atoms in total. The molecular weight excluding hydrogens is 455 g/mol. The van der Waals surface area contributed by atoms with Gasteiger partial charge in [0.15, 0.2) is 0 Å². The Morgan fingerprint density at radius 2 is 1.50 bits per heavy atom. The molecule has 2 N–H and O–H groups in total. The van der Waals surface area contributed by atoms with Crippen molar-refractivity contribution in [2.75, 3.05) is 45.2 Å². The predicted octanol–water partition coefficient (Wildman–Crippen LogP) is 1.41. The summed E-state index contributed by atoms with van der Waals surface area (Å²) >= 11 is 0. The first-order valence-corrected chi connectivity index (χ1v) is 11.9. The number of methoxy groups -OCH3 is 1. The number of amides is 3. The fourth-order valence-corrected chi connectivity index (χ4v) is 4.05. The van der Waals surface area contributed by atoms with Gasteiger partial charge in [-0.15, -0.1) is 0 Å². The lowest BCUT2D eigenvalue weighted by molar-refractivity contribution is -0.131. The van der Waals surface area contributed by atoms with Gasteiger partial charge in [0, 0.05) is 48.7 Å². The Morgan fingerprint density at radius 1 is 0.861 bits per heavy atom. The molecule has 1 aliphatic rings. The summed E-state index contributed by atoms with van der Waals surface area (Å²) in [7, 11) is 3.46. The number of para-hydroxylation sites is 1. The molecule has 0 aliphatic carbocycles. The van der Waals surface area contributed by atoms with E-state index in [0.29, 0.717) is 43.1 Å². The zero-order valence-corrected chi connectivity index (χ0v) is 20.5. The topological polar surface area (TPSA) is 91.0 Å². The molecule has 3 aromatic rings. The molecule has 36 heavy (non-hydrogen) atoms. The molecule has 1 saturated heterocycles. The first kappa shape index (κ1) is 24.8. The number of hydrogen-bond donors (Lipinski definition) is 2. The van der Waals surface area contributed by atoms with Gasteiger partial charge >= 0.3 is 0 Å². The van der Waals surface area contributed by atoms with E-state index in [2.05, 4.69) is 10.6 Å². The Balaban J connectivity index is 1.24. The lowest BCUT2D eigenvalue weighted by Crippen LogP contribution is -2.53. The van der Waals surface area contributed by atoms with Gasteiger partial charge in [0.1, 0.15) is 13.6 Å². The number of carbonyl (C=O) groups excluding carboxylic acids is 3. The maximum Gasteiger partial charge on any atom is 0.253 e. The van der Waals surface area contributed by atoms with Gasteiger partial charge in [-0.25, -0.2) is 0 Å². The molecule has 3 aromatic carbocycles. The SMILES string of the molecule is Bc1ccc(OC)cc1C(=O)N1CCN(C(=O)CNC(=O)c2ccc(Nc3ccccc3)cc2)CC1. The smallest absolute Gasteiger partial charge is 0.253 e. The summed E-state index contributed by atoms with van der Waals surface area (Å²) in [5.74, 6) is 0.0832. The van der Waals surface area contributed by atoms with E-state index in [9.17, 15) is 14.4 Å². The molecule has 4 rings (SSSR count). The Kier molecular flexibility index (Phi) is 7.90. The van der Waals surface area contributed by atoms with Crippen LogP contribution < -0.4 is 20.8 Å². The van der Waals surface area contributed by atoms with Gasteiger partial charge in [-0.2, -0.15) is 0 Å². The Hall–Kier alpha value is -4.27. The highest BCUT2D eigenvalue weighted by molar-refractivity contribution is 6.36. The number of ether oxygens (including phenoxy) is 1. The third kappa shape index (κ3) is 6.04. The maximum atomic E-state index is 13.0. The molecule has 1 heterocycles. The van der Waals surface area contributed by atoms with Gasteiger partial charge in [0.25, 0.3) is 11.8 Å². The Bertz CT molecular complexity index is 1230. The molecule has 0 aromatic heterocycles. The number of hydrogen-bond acceptors (Lipinski definition) is 5. The first-order chi connectivity index (χ1) is 17.4. The van der Waals surface area contributed by atoms with Crippen LogP contribution in [0.25, 0.3) is 0 Å². The highest BCUT2D eigenvalue weighted by Gasteiger charge is 2.26. The van der Waals surface area contributed by atoms with Crippen LogP contribution in [0.5, 0.6) is 5.75 Å². The second kappa shape index (κ2) is 11.4. The van der Waals surface area contributed by atoms with Gasteiger partial charge in [0.05, 0.1) is 13.7 Å². The third-order valence-corrected chi connectivity index (χ3v) is 6.20. The standard InChI is InChI=1S/C27H29BN4O4/c1-36-22-11-12-24(28)23(17-22)27(35)32-15-13-31(14-16-32)25(33)18-29-26(34)19-7-9-21(10-8-19)30-20-5-3-2-4-6-20/h2-12,17,30H,13-16,18,28H2,1H3,(H,29,34). The fourth-order valence-electron chi connectivity index (χ4n) is 4.05. The van der Waals surface area contributed by atoms with Crippen molar-refractivity contribution in [3.8, 4) is 5.75 Å². The predicted molar refractivity (Wildman–Crippen MR) is 142 cm³/mol. The van der Waals surface area contributed by atoms with Gasteiger partial charge in [-0.05, 0) is 48.5 Å². The summed E-state index contributed by atoms with van der Waals surface area (Å²) in [6, 6.07) is 22.3. The minimum atomic E-state index is -0.308. The number of rotatable bonds is 7. The van der Waals surface area contributed by atoms with E-state index < -0.39 is 0 Å². The van der Waals surface area contributed by atoms with Crippen molar-refractivity contribution in [3.05, 3.63) is 83.9 Å². The van der Waals surface area contributed by atoms with Crippen molar-refractivity contribution in [2.45, 2.75) is 0 Å². The van der Waals surface area contributed by atoms with E-state index in [0.717, 1.165) is 16.8 Å². The molecule has 0 bridgehead atoms. The molecule has 1 fully saturated rings. The number of nitrogens with zero attached hydrogens (tertiary/aromatic N) is 2. The van der Waals surface area contributed by atoms with Crippen molar-refractivity contribution in [3.63, 3.8) is 0 Å². The number of nitrogens with one attached hydrogen (secondary N) is 2. The van der Waals surface area contributed by atoms with Crippen molar-refractivity contribution in [1.82, 2.24) is 15.1 Å². The summed E-state index contributed by atoms with van der Waals surface area (Å²) < 4.78 is 5.24. The van der Waals surface area contributed by atoms with E-state index in [1.54, 1.807) is 35.1 Å². The minimum absolute atomic E-state index is 0.0722. The van der Waals surface area contributed by atoms with Crippen LogP contribution in [0.2, 0.25) is 0 Å². The van der Waals surface area contributed by atoms with E-state index in [1.807, 2.05) is 62.4 Å². The summed E-state index contributed by atoms with van der Waals surface area (Å²) in [5.41, 5.74) is 3.79. The number of anilines is 2. The van der Waals surface area contributed by atoms with Crippen LogP contribution in [0.1, 0.15) is 20.7 Å². The van der Waals surface area contributed by atoms with Crippen molar-refractivity contribution < 1.29 is 19.1 Å². The lowest BCUT2D eigenvalue weighted by atomic mass is 9.89.